The summed E-state index contributed by atoms with van der Waals surface area (Å²) in [6.45, 7) is 3.22. The molecule has 0 bridgehead atoms. The number of amides is 3. The van der Waals surface area contributed by atoms with Crippen LogP contribution in [-0.4, -0.2) is 30.0 Å². The molecule has 1 aromatic heterocycles. The van der Waals surface area contributed by atoms with E-state index in [9.17, 15) is 9.59 Å². The molecular weight excluding hydrogens is 288 g/mol. The molecule has 1 saturated heterocycles. The molecule has 0 spiro atoms. The highest BCUT2D eigenvalue weighted by Crippen LogP contribution is 2.20. The second-order valence-electron chi connectivity index (χ2n) is 4.66. The molecule has 1 aliphatic heterocycles. The van der Waals surface area contributed by atoms with E-state index in [0.29, 0.717) is 23.8 Å². The SMILES string of the molecule is Cc1cnc(NC(=O)c2ccc(N3CCNC3=O)cc2)s1. The molecule has 2 N–H and O–H groups in total. The molecule has 1 aliphatic rings. The fraction of sp³-hybridized carbons (Fsp3) is 0.214. The van der Waals surface area contributed by atoms with Gasteiger partial charge in [0.15, 0.2) is 5.13 Å². The normalized spacial score (nSPS) is 14.1. The lowest BCUT2D eigenvalue weighted by Crippen LogP contribution is -2.27. The molecule has 1 fully saturated rings. The summed E-state index contributed by atoms with van der Waals surface area (Å²) in [6.07, 6.45) is 1.72. The lowest BCUT2D eigenvalue weighted by atomic mass is 10.2. The van der Waals surface area contributed by atoms with E-state index in [0.717, 1.165) is 10.6 Å². The van der Waals surface area contributed by atoms with Gasteiger partial charge in [0.2, 0.25) is 0 Å². The van der Waals surface area contributed by atoms with E-state index in [1.165, 1.54) is 11.3 Å². The van der Waals surface area contributed by atoms with Gasteiger partial charge in [-0.1, -0.05) is 0 Å². The van der Waals surface area contributed by atoms with Crippen molar-refractivity contribution in [3.8, 4) is 0 Å². The van der Waals surface area contributed by atoms with Gasteiger partial charge in [-0.25, -0.2) is 9.78 Å². The van der Waals surface area contributed by atoms with Gasteiger partial charge in [-0.05, 0) is 31.2 Å². The predicted molar refractivity (Wildman–Crippen MR) is 82.0 cm³/mol. The molecule has 108 valence electrons. The smallest absolute Gasteiger partial charge is 0.321 e. The highest BCUT2D eigenvalue weighted by Gasteiger charge is 2.21. The number of hydrogen-bond acceptors (Lipinski definition) is 4. The van der Waals surface area contributed by atoms with Gasteiger partial charge in [-0.3, -0.25) is 15.0 Å². The first kappa shape index (κ1) is 13.6. The quantitative estimate of drug-likeness (QED) is 0.913. The molecule has 0 radical (unpaired) electrons. The second kappa shape index (κ2) is 5.53. The van der Waals surface area contributed by atoms with Crippen molar-refractivity contribution in [3.05, 3.63) is 40.9 Å². The van der Waals surface area contributed by atoms with Gasteiger partial charge >= 0.3 is 6.03 Å². The number of nitrogens with one attached hydrogen (secondary N) is 2. The molecule has 3 amide bonds. The Balaban J connectivity index is 1.71. The molecule has 6 nitrogen and oxygen atoms in total. The van der Waals surface area contributed by atoms with E-state index in [1.54, 1.807) is 35.4 Å². The lowest BCUT2D eigenvalue weighted by molar-refractivity contribution is 0.102. The average Bonchev–Trinajstić information content (AvgIpc) is 3.08. The Hall–Kier alpha value is -2.41. The Kier molecular flexibility index (Phi) is 3.57. The number of carbonyl (C=O) groups is 2. The maximum atomic E-state index is 12.1. The van der Waals surface area contributed by atoms with Crippen molar-refractivity contribution in [2.45, 2.75) is 6.92 Å². The maximum absolute atomic E-state index is 12.1. The van der Waals surface area contributed by atoms with Crippen molar-refractivity contribution < 1.29 is 9.59 Å². The number of thiazole rings is 1. The molecule has 2 heterocycles. The Bertz CT molecular complexity index is 681. The maximum Gasteiger partial charge on any atom is 0.321 e. The summed E-state index contributed by atoms with van der Waals surface area (Å²) in [5.41, 5.74) is 1.32. The fourth-order valence-electron chi connectivity index (χ4n) is 2.09. The van der Waals surface area contributed by atoms with Gasteiger partial charge in [-0.15, -0.1) is 11.3 Å². The summed E-state index contributed by atoms with van der Waals surface area (Å²) >= 11 is 1.43. The number of hydrogen-bond donors (Lipinski definition) is 2. The Morgan fingerprint density at radius 3 is 2.71 bits per heavy atom. The van der Waals surface area contributed by atoms with Crippen molar-refractivity contribution in [1.82, 2.24) is 10.3 Å². The average molecular weight is 302 g/mol. The number of rotatable bonds is 3. The molecule has 0 saturated carbocycles. The number of anilines is 2. The van der Waals surface area contributed by atoms with Gasteiger partial charge in [-0.2, -0.15) is 0 Å². The van der Waals surface area contributed by atoms with Gasteiger partial charge < -0.3 is 5.32 Å². The first-order chi connectivity index (χ1) is 10.1. The minimum absolute atomic E-state index is 0.106. The third-order valence-corrected chi connectivity index (χ3v) is 3.97. The lowest BCUT2D eigenvalue weighted by Gasteiger charge is -2.14. The fourth-order valence-corrected chi connectivity index (χ4v) is 2.75. The third-order valence-electron chi connectivity index (χ3n) is 3.14. The second-order valence-corrected chi connectivity index (χ2v) is 5.90. The molecule has 1 aromatic carbocycles. The van der Waals surface area contributed by atoms with Crippen molar-refractivity contribution in [2.75, 3.05) is 23.3 Å². The minimum atomic E-state index is -0.207. The molecule has 0 atom stereocenters. The van der Waals surface area contributed by atoms with Crippen LogP contribution in [0.1, 0.15) is 15.2 Å². The van der Waals surface area contributed by atoms with Crippen LogP contribution in [0, 0.1) is 6.92 Å². The predicted octanol–water partition coefficient (Wildman–Crippen LogP) is 2.23. The van der Waals surface area contributed by atoms with Gasteiger partial charge in [0.05, 0.1) is 0 Å². The molecule has 0 aliphatic carbocycles. The van der Waals surface area contributed by atoms with Crippen molar-refractivity contribution in [3.63, 3.8) is 0 Å². The van der Waals surface area contributed by atoms with Crippen LogP contribution in [-0.2, 0) is 0 Å². The first-order valence-electron chi connectivity index (χ1n) is 6.53. The first-order valence-corrected chi connectivity index (χ1v) is 7.34. The van der Waals surface area contributed by atoms with E-state index >= 15 is 0 Å². The summed E-state index contributed by atoms with van der Waals surface area (Å²) in [5.74, 6) is -0.207. The van der Waals surface area contributed by atoms with Crippen LogP contribution < -0.4 is 15.5 Å². The number of urea groups is 1. The largest absolute Gasteiger partial charge is 0.336 e. The topological polar surface area (TPSA) is 74.3 Å². The summed E-state index contributed by atoms with van der Waals surface area (Å²) in [5, 5.41) is 6.08. The highest BCUT2D eigenvalue weighted by atomic mass is 32.1. The van der Waals surface area contributed by atoms with Crippen molar-refractivity contribution in [2.24, 2.45) is 0 Å². The van der Waals surface area contributed by atoms with Crippen LogP contribution in [0.3, 0.4) is 0 Å². The molecule has 3 rings (SSSR count). The third kappa shape index (κ3) is 2.87. The summed E-state index contributed by atoms with van der Waals surface area (Å²) < 4.78 is 0. The van der Waals surface area contributed by atoms with Gasteiger partial charge in [0.1, 0.15) is 0 Å². The summed E-state index contributed by atoms with van der Waals surface area (Å²) in [7, 11) is 0. The van der Waals surface area contributed by atoms with Gasteiger partial charge in [0.25, 0.3) is 5.91 Å². The molecule has 21 heavy (non-hydrogen) atoms. The number of nitrogens with zero attached hydrogens (tertiary/aromatic N) is 2. The van der Waals surface area contributed by atoms with Crippen LogP contribution >= 0.6 is 11.3 Å². The van der Waals surface area contributed by atoms with Crippen molar-refractivity contribution in [1.29, 1.82) is 0 Å². The molecular formula is C14H14N4O2S. The van der Waals surface area contributed by atoms with Crippen LogP contribution in [0.2, 0.25) is 0 Å². The van der Waals surface area contributed by atoms with Gasteiger partial charge in [0, 0.05) is 35.4 Å². The Labute approximate surface area is 125 Å². The number of carbonyl (C=O) groups excluding carboxylic acids is 2. The summed E-state index contributed by atoms with van der Waals surface area (Å²) in [4.78, 5) is 30.4. The zero-order valence-electron chi connectivity index (χ0n) is 11.4. The number of aryl methyl sites for hydroxylation is 1. The van der Waals surface area contributed by atoms with E-state index < -0.39 is 0 Å². The number of benzene rings is 1. The molecule has 7 heteroatoms. The van der Waals surface area contributed by atoms with E-state index in [1.807, 2.05) is 6.92 Å². The van der Waals surface area contributed by atoms with Crippen LogP contribution in [0.25, 0.3) is 0 Å². The monoisotopic (exact) mass is 302 g/mol. The Morgan fingerprint density at radius 2 is 2.14 bits per heavy atom. The Morgan fingerprint density at radius 1 is 1.38 bits per heavy atom. The molecule has 2 aromatic rings. The van der Waals surface area contributed by atoms with E-state index in [2.05, 4.69) is 15.6 Å². The van der Waals surface area contributed by atoms with Crippen LogP contribution in [0.5, 0.6) is 0 Å². The summed E-state index contributed by atoms with van der Waals surface area (Å²) in [6, 6.07) is 6.85. The van der Waals surface area contributed by atoms with Crippen LogP contribution in [0.15, 0.2) is 30.5 Å². The van der Waals surface area contributed by atoms with Crippen molar-refractivity contribution >= 4 is 34.1 Å². The minimum Gasteiger partial charge on any atom is -0.336 e. The number of aromatic nitrogens is 1. The van der Waals surface area contributed by atoms with E-state index in [4.69, 9.17) is 0 Å². The zero-order chi connectivity index (χ0) is 14.8. The molecule has 0 unspecified atom stereocenters. The van der Waals surface area contributed by atoms with Crippen LogP contribution in [0.4, 0.5) is 15.6 Å². The highest BCUT2D eigenvalue weighted by molar-refractivity contribution is 7.15. The standard InChI is InChI=1S/C14H14N4O2S/c1-9-8-16-13(21-9)17-12(19)10-2-4-11(5-3-10)18-7-6-15-14(18)20/h2-5,8H,6-7H2,1H3,(H,15,20)(H,16,17,19). The van der Waals surface area contributed by atoms with E-state index in [-0.39, 0.29) is 11.9 Å². The zero-order valence-corrected chi connectivity index (χ0v) is 12.2.